The minimum atomic E-state index is -1.13. The van der Waals surface area contributed by atoms with Crippen LogP contribution in [0.4, 0.5) is 14.4 Å². The van der Waals surface area contributed by atoms with Crippen molar-refractivity contribution in [1.29, 1.82) is 0 Å². The first-order valence-electron chi connectivity index (χ1n) is 12.6. The molecule has 1 fully saturated rings. The third-order valence-corrected chi connectivity index (χ3v) is 5.78. The van der Waals surface area contributed by atoms with Gasteiger partial charge in [0.15, 0.2) is 0 Å². The number of fused-ring (bicyclic) bond motifs is 1. The fourth-order valence-electron chi connectivity index (χ4n) is 4.07. The van der Waals surface area contributed by atoms with Crippen LogP contribution in [0, 0.1) is 0 Å². The molecule has 0 bridgehead atoms. The molecule has 4 rings (SSSR count). The molecule has 0 unspecified atom stereocenters. The summed E-state index contributed by atoms with van der Waals surface area (Å²) in [6.07, 6.45) is -2.24. The Hall–Kier alpha value is -4.87. The summed E-state index contributed by atoms with van der Waals surface area (Å²) in [4.78, 5) is 66.8. The lowest BCUT2D eigenvalue weighted by molar-refractivity contribution is -0.171. The normalized spacial score (nSPS) is 14.1. The number of carbonyl (C=O) groups is 5. The van der Waals surface area contributed by atoms with Crippen LogP contribution in [-0.2, 0) is 36.9 Å². The second-order valence-corrected chi connectivity index (χ2v) is 10.1. The third-order valence-electron chi connectivity index (χ3n) is 5.78. The van der Waals surface area contributed by atoms with E-state index >= 15 is 0 Å². The zero-order valence-corrected chi connectivity index (χ0v) is 22.3. The summed E-state index contributed by atoms with van der Waals surface area (Å²) in [6, 6.07) is 16.3. The number of hydroxylamine groups is 2. The summed E-state index contributed by atoms with van der Waals surface area (Å²) in [5, 5.41) is 6.09. The van der Waals surface area contributed by atoms with Gasteiger partial charge in [-0.25, -0.2) is 14.4 Å². The van der Waals surface area contributed by atoms with Crippen LogP contribution in [0.15, 0.2) is 60.8 Å². The molecule has 1 atom stereocenters. The van der Waals surface area contributed by atoms with Crippen LogP contribution >= 0.6 is 0 Å². The summed E-state index contributed by atoms with van der Waals surface area (Å²) in [7, 11) is 0. The Balaban J connectivity index is 1.55. The van der Waals surface area contributed by atoms with E-state index < -0.39 is 41.9 Å². The highest BCUT2D eigenvalue weighted by atomic mass is 16.7. The van der Waals surface area contributed by atoms with Gasteiger partial charge in [0.2, 0.25) is 0 Å². The van der Waals surface area contributed by atoms with E-state index in [-0.39, 0.29) is 25.9 Å². The number of rotatable bonds is 7. The molecular weight excluding hydrogens is 520 g/mol. The average molecular weight is 551 g/mol. The molecule has 2 N–H and O–H groups in total. The average Bonchev–Trinajstić information content (AvgIpc) is 3.41. The minimum Gasteiger partial charge on any atom is -0.444 e. The standard InChI is InChI=1S/C28H30N4O8/c1-28(2,3)39-25(35)29-22(30-26(36)40-32-23(33)13-14-24(32)34)15-19-16-31(21-12-8-7-11-20(19)21)27(37)38-17-18-9-5-4-6-10-18/h4-12,16,22H,13-15,17H2,1-3H3,(H,29,35)(H,30,36)/t22-/m1/s1. The Kier molecular flexibility index (Phi) is 8.37. The topological polar surface area (TPSA) is 145 Å². The second kappa shape index (κ2) is 11.9. The summed E-state index contributed by atoms with van der Waals surface area (Å²) in [6.45, 7) is 5.12. The largest absolute Gasteiger partial charge is 0.444 e. The van der Waals surface area contributed by atoms with Crippen molar-refractivity contribution in [2.75, 3.05) is 0 Å². The van der Waals surface area contributed by atoms with Crippen LogP contribution < -0.4 is 10.6 Å². The number of nitrogens with zero attached hydrogens (tertiary/aromatic N) is 2. The van der Waals surface area contributed by atoms with Crippen LogP contribution in [0.2, 0.25) is 0 Å². The van der Waals surface area contributed by atoms with Crippen molar-refractivity contribution in [3.8, 4) is 0 Å². The molecule has 2 heterocycles. The first kappa shape index (κ1) is 28.1. The van der Waals surface area contributed by atoms with Gasteiger partial charge in [0, 0.05) is 30.8 Å². The van der Waals surface area contributed by atoms with Crippen molar-refractivity contribution < 1.29 is 38.3 Å². The first-order chi connectivity index (χ1) is 19.0. The number of hydrogen-bond acceptors (Lipinski definition) is 8. The molecule has 1 aliphatic heterocycles. The summed E-state index contributed by atoms with van der Waals surface area (Å²) in [5.41, 5.74) is 1.15. The molecule has 3 aromatic rings. The maximum absolute atomic E-state index is 13.0. The zero-order chi connectivity index (χ0) is 28.9. The highest BCUT2D eigenvalue weighted by Gasteiger charge is 2.34. The van der Waals surface area contributed by atoms with E-state index in [1.165, 1.54) is 4.57 Å². The van der Waals surface area contributed by atoms with Crippen molar-refractivity contribution >= 4 is 41.0 Å². The van der Waals surface area contributed by atoms with Crippen LogP contribution in [-0.4, -0.2) is 51.5 Å². The SMILES string of the molecule is CC(C)(C)OC(=O)N[C@@H](Cc1cn(C(=O)OCc2ccccc2)c2ccccc12)NC(=O)ON1C(=O)CCC1=O. The van der Waals surface area contributed by atoms with E-state index in [4.69, 9.17) is 14.3 Å². The van der Waals surface area contributed by atoms with Gasteiger partial charge in [-0.3, -0.25) is 19.5 Å². The van der Waals surface area contributed by atoms with Gasteiger partial charge in [0.25, 0.3) is 11.8 Å². The number of carbonyl (C=O) groups excluding carboxylic acids is 5. The first-order valence-corrected chi connectivity index (χ1v) is 12.6. The van der Waals surface area contributed by atoms with Gasteiger partial charge in [-0.05, 0) is 38.0 Å². The molecule has 0 spiro atoms. The van der Waals surface area contributed by atoms with Gasteiger partial charge in [0.1, 0.15) is 18.4 Å². The second-order valence-electron chi connectivity index (χ2n) is 10.1. The summed E-state index contributed by atoms with van der Waals surface area (Å²) in [5.74, 6) is -1.29. The molecular formula is C28H30N4O8. The highest BCUT2D eigenvalue weighted by Crippen LogP contribution is 2.23. The number of para-hydroxylation sites is 1. The van der Waals surface area contributed by atoms with E-state index in [1.54, 1.807) is 51.2 Å². The number of imide groups is 1. The predicted octanol–water partition coefficient (Wildman–Crippen LogP) is 4.01. The lowest BCUT2D eigenvalue weighted by Gasteiger charge is -2.24. The van der Waals surface area contributed by atoms with Crippen LogP contribution in [0.3, 0.4) is 0 Å². The van der Waals surface area contributed by atoms with Crippen LogP contribution in [0.1, 0.15) is 44.7 Å². The van der Waals surface area contributed by atoms with Crippen LogP contribution in [0.5, 0.6) is 0 Å². The molecule has 0 radical (unpaired) electrons. The number of alkyl carbamates (subject to hydrolysis) is 1. The molecule has 0 saturated carbocycles. The van der Waals surface area contributed by atoms with E-state index in [1.807, 2.05) is 30.3 Å². The number of amides is 4. The molecule has 4 amide bonds. The van der Waals surface area contributed by atoms with Crippen molar-refractivity contribution in [3.05, 3.63) is 71.9 Å². The monoisotopic (exact) mass is 550 g/mol. The number of nitrogens with one attached hydrogen (secondary N) is 2. The lowest BCUT2D eigenvalue weighted by Crippen LogP contribution is -2.52. The maximum Gasteiger partial charge on any atom is 0.433 e. The molecule has 12 nitrogen and oxygen atoms in total. The van der Waals surface area contributed by atoms with E-state index in [0.29, 0.717) is 21.5 Å². The molecule has 2 aromatic carbocycles. The Bertz CT molecular complexity index is 1410. The molecule has 1 aromatic heterocycles. The van der Waals surface area contributed by atoms with Gasteiger partial charge in [-0.15, -0.1) is 5.06 Å². The molecule has 1 saturated heterocycles. The van der Waals surface area contributed by atoms with Gasteiger partial charge in [-0.2, -0.15) is 0 Å². The van der Waals surface area contributed by atoms with Crippen molar-refractivity contribution in [2.45, 2.75) is 58.4 Å². The Labute approximate surface area is 230 Å². The molecule has 40 heavy (non-hydrogen) atoms. The van der Waals surface area contributed by atoms with Gasteiger partial charge < -0.3 is 19.6 Å². The number of ether oxygens (including phenoxy) is 2. The molecule has 1 aliphatic rings. The Morgan fingerprint density at radius 2 is 1.52 bits per heavy atom. The van der Waals surface area contributed by atoms with Crippen molar-refractivity contribution in [1.82, 2.24) is 20.3 Å². The highest BCUT2D eigenvalue weighted by molar-refractivity contribution is 6.01. The Morgan fingerprint density at radius 1 is 0.900 bits per heavy atom. The van der Waals surface area contributed by atoms with Crippen molar-refractivity contribution in [2.24, 2.45) is 0 Å². The van der Waals surface area contributed by atoms with Gasteiger partial charge in [0.05, 0.1) is 5.52 Å². The zero-order valence-electron chi connectivity index (χ0n) is 22.3. The number of aromatic nitrogens is 1. The molecule has 210 valence electrons. The van der Waals surface area contributed by atoms with Gasteiger partial charge in [-0.1, -0.05) is 48.5 Å². The minimum absolute atomic E-state index is 0.00425. The molecule has 12 heteroatoms. The third kappa shape index (κ3) is 7.16. The summed E-state index contributed by atoms with van der Waals surface area (Å²) >= 11 is 0. The quantitative estimate of drug-likeness (QED) is 0.332. The maximum atomic E-state index is 13.0. The van der Waals surface area contributed by atoms with Crippen LogP contribution in [0.25, 0.3) is 10.9 Å². The fraction of sp³-hybridized carbons (Fsp3) is 0.321. The summed E-state index contributed by atoms with van der Waals surface area (Å²) < 4.78 is 12.2. The van der Waals surface area contributed by atoms with E-state index in [0.717, 1.165) is 5.56 Å². The smallest absolute Gasteiger partial charge is 0.433 e. The van der Waals surface area contributed by atoms with E-state index in [9.17, 15) is 24.0 Å². The number of benzene rings is 2. The van der Waals surface area contributed by atoms with Crippen molar-refractivity contribution in [3.63, 3.8) is 0 Å². The molecule has 0 aliphatic carbocycles. The van der Waals surface area contributed by atoms with E-state index in [2.05, 4.69) is 10.6 Å². The number of hydrogen-bond donors (Lipinski definition) is 2. The fourth-order valence-corrected chi connectivity index (χ4v) is 4.07. The van der Waals surface area contributed by atoms with Gasteiger partial charge >= 0.3 is 18.3 Å². The Morgan fingerprint density at radius 3 is 2.20 bits per heavy atom. The lowest BCUT2D eigenvalue weighted by atomic mass is 10.1. The predicted molar refractivity (Wildman–Crippen MR) is 142 cm³/mol.